The fraction of sp³-hybridized carbons (Fsp3) is 0.933. The van der Waals surface area contributed by atoms with Gasteiger partial charge in [0.1, 0.15) is 12.2 Å². The third-order valence-electron chi connectivity index (χ3n) is 6.63. The first-order valence-corrected chi connectivity index (χ1v) is 15.0. The second-order valence-electron chi connectivity index (χ2n) is 10.1. The highest BCUT2D eigenvalue weighted by Gasteiger charge is 2.28. The van der Waals surface area contributed by atoms with E-state index in [1.807, 2.05) is 0 Å². The third-order valence-corrected chi connectivity index (χ3v) is 6.63. The van der Waals surface area contributed by atoms with Crippen LogP contribution in [0.4, 0.5) is 0 Å². The van der Waals surface area contributed by atoms with Gasteiger partial charge in [0, 0.05) is 12.8 Å². The molecule has 0 bridgehead atoms. The van der Waals surface area contributed by atoms with E-state index >= 15 is 0 Å². The topological polar surface area (TPSA) is 52.6 Å². The minimum Gasteiger partial charge on any atom is -0.458 e. The summed E-state index contributed by atoms with van der Waals surface area (Å²) in [6.45, 7) is 8.80. The molecule has 0 amide bonds. The molecule has 0 heterocycles. The molecular formula is C30H58O4. The summed E-state index contributed by atoms with van der Waals surface area (Å²) in [5.74, 6) is -0.239. The van der Waals surface area contributed by atoms with E-state index in [0.29, 0.717) is 12.8 Å². The van der Waals surface area contributed by atoms with Gasteiger partial charge in [-0.1, -0.05) is 118 Å². The molecule has 0 aromatic heterocycles. The van der Waals surface area contributed by atoms with Crippen LogP contribution in [-0.4, -0.2) is 24.1 Å². The number of carbonyl (C=O) groups is 2. The number of rotatable bonds is 25. The molecule has 0 radical (unpaired) electrons. The Bertz CT molecular complexity index is 421. The van der Waals surface area contributed by atoms with Crippen molar-refractivity contribution in [3.8, 4) is 0 Å². The van der Waals surface area contributed by atoms with E-state index in [0.717, 1.165) is 64.2 Å². The Kier molecular flexibility index (Phi) is 24.3. The van der Waals surface area contributed by atoms with Crippen molar-refractivity contribution in [1.29, 1.82) is 0 Å². The molecule has 0 aromatic rings. The Hall–Kier alpha value is -1.06. The maximum Gasteiger partial charge on any atom is 0.306 e. The van der Waals surface area contributed by atoms with E-state index in [1.165, 1.54) is 64.2 Å². The molecule has 2 atom stereocenters. The average Bonchev–Trinajstić information content (AvgIpc) is 2.82. The van der Waals surface area contributed by atoms with E-state index in [9.17, 15) is 9.59 Å². The highest BCUT2D eigenvalue weighted by Crippen LogP contribution is 2.22. The van der Waals surface area contributed by atoms with Crippen molar-refractivity contribution in [3.05, 3.63) is 0 Å². The van der Waals surface area contributed by atoms with Gasteiger partial charge in [-0.05, 0) is 38.5 Å². The van der Waals surface area contributed by atoms with E-state index in [-0.39, 0.29) is 24.1 Å². The second-order valence-corrected chi connectivity index (χ2v) is 10.1. The Morgan fingerprint density at radius 2 is 0.735 bits per heavy atom. The molecule has 0 aliphatic carbocycles. The molecule has 0 aliphatic heterocycles. The molecule has 2 unspecified atom stereocenters. The standard InChI is InChI=1S/C30H58O4/c1-5-9-13-17-21-25-29(31)33-27(23-19-15-11-7-3)28(24-20-16-12-8-4)34-30(32)26-22-18-14-10-6-2/h27-28H,5-26H2,1-4H3. The Morgan fingerprint density at radius 3 is 1.06 bits per heavy atom. The quantitative estimate of drug-likeness (QED) is 0.0960. The van der Waals surface area contributed by atoms with E-state index < -0.39 is 0 Å². The largest absolute Gasteiger partial charge is 0.458 e. The molecule has 0 saturated carbocycles. The number of unbranched alkanes of at least 4 members (excludes halogenated alkanes) is 14. The second kappa shape index (κ2) is 25.0. The fourth-order valence-electron chi connectivity index (χ4n) is 4.39. The van der Waals surface area contributed by atoms with Crippen LogP contribution in [-0.2, 0) is 19.1 Å². The van der Waals surface area contributed by atoms with E-state index in [2.05, 4.69) is 27.7 Å². The number of esters is 2. The van der Waals surface area contributed by atoms with Gasteiger partial charge in [0.05, 0.1) is 0 Å². The molecule has 4 nitrogen and oxygen atoms in total. The van der Waals surface area contributed by atoms with Crippen LogP contribution < -0.4 is 0 Å². The van der Waals surface area contributed by atoms with Gasteiger partial charge in [-0.2, -0.15) is 0 Å². The Morgan fingerprint density at radius 1 is 0.441 bits per heavy atom. The first-order chi connectivity index (χ1) is 16.6. The SMILES string of the molecule is CCCCCCCC(=O)OC(CCCCCC)C(CCCCCC)OC(=O)CCCCCCC. The van der Waals surface area contributed by atoms with Crippen LogP contribution in [0.1, 0.15) is 169 Å². The molecule has 4 heteroatoms. The molecule has 202 valence electrons. The minimum atomic E-state index is -0.300. The summed E-state index contributed by atoms with van der Waals surface area (Å²) in [6.07, 6.45) is 22.1. The normalized spacial score (nSPS) is 12.9. The summed E-state index contributed by atoms with van der Waals surface area (Å²) < 4.78 is 12.0. The van der Waals surface area contributed by atoms with Crippen molar-refractivity contribution in [2.45, 2.75) is 181 Å². The Labute approximate surface area is 212 Å². The first kappa shape index (κ1) is 32.9. The molecule has 0 rings (SSSR count). The molecule has 0 N–H and O–H groups in total. The maximum atomic E-state index is 12.7. The van der Waals surface area contributed by atoms with Crippen LogP contribution in [0, 0.1) is 0 Å². The molecule has 0 fully saturated rings. The van der Waals surface area contributed by atoms with Gasteiger partial charge in [0.25, 0.3) is 0 Å². The van der Waals surface area contributed by atoms with Gasteiger partial charge in [-0.3, -0.25) is 9.59 Å². The monoisotopic (exact) mass is 482 g/mol. The zero-order chi connectivity index (χ0) is 25.3. The molecule has 0 aromatic carbocycles. The lowest BCUT2D eigenvalue weighted by Gasteiger charge is -2.27. The third kappa shape index (κ3) is 20.3. The maximum absolute atomic E-state index is 12.7. The van der Waals surface area contributed by atoms with Crippen LogP contribution in [0.15, 0.2) is 0 Å². The number of hydrogen-bond acceptors (Lipinski definition) is 4. The van der Waals surface area contributed by atoms with Gasteiger partial charge in [-0.15, -0.1) is 0 Å². The summed E-state index contributed by atoms with van der Waals surface area (Å²) in [5, 5.41) is 0. The molecular weight excluding hydrogens is 424 g/mol. The summed E-state index contributed by atoms with van der Waals surface area (Å²) in [7, 11) is 0. The highest BCUT2D eigenvalue weighted by atomic mass is 16.6. The summed E-state index contributed by atoms with van der Waals surface area (Å²) >= 11 is 0. The van der Waals surface area contributed by atoms with Crippen molar-refractivity contribution in [3.63, 3.8) is 0 Å². The van der Waals surface area contributed by atoms with E-state index in [4.69, 9.17) is 9.47 Å². The smallest absolute Gasteiger partial charge is 0.306 e. The van der Waals surface area contributed by atoms with E-state index in [1.54, 1.807) is 0 Å². The van der Waals surface area contributed by atoms with Crippen molar-refractivity contribution < 1.29 is 19.1 Å². The van der Waals surface area contributed by atoms with Gasteiger partial charge >= 0.3 is 11.9 Å². The highest BCUT2D eigenvalue weighted by molar-refractivity contribution is 5.70. The fourth-order valence-corrected chi connectivity index (χ4v) is 4.39. The molecule has 0 aliphatic rings. The van der Waals surface area contributed by atoms with Crippen LogP contribution in [0.25, 0.3) is 0 Å². The van der Waals surface area contributed by atoms with Gasteiger partial charge in [0.2, 0.25) is 0 Å². The van der Waals surface area contributed by atoms with Crippen molar-refractivity contribution >= 4 is 11.9 Å². The van der Waals surface area contributed by atoms with Crippen molar-refractivity contribution in [1.82, 2.24) is 0 Å². The number of ether oxygens (including phenoxy) is 2. The Balaban J connectivity index is 4.95. The summed E-state index contributed by atoms with van der Waals surface area (Å²) in [6, 6.07) is 0. The van der Waals surface area contributed by atoms with Gasteiger partial charge in [-0.25, -0.2) is 0 Å². The lowest BCUT2D eigenvalue weighted by Crippen LogP contribution is -2.35. The predicted octanol–water partition coefficient (Wildman–Crippen LogP) is 9.47. The summed E-state index contributed by atoms with van der Waals surface area (Å²) in [5.41, 5.74) is 0. The summed E-state index contributed by atoms with van der Waals surface area (Å²) in [4.78, 5) is 25.3. The average molecular weight is 483 g/mol. The van der Waals surface area contributed by atoms with Crippen LogP contribution in [0.2, 0.25) is 0 Å². The van der Waals surface area contributed by atoms with Gasteiger partial charge < -0.3 is 9.47 Å². The number of carbonyl (C=O) groups excluding carboxylic acids is 2. The lowest BCUT2D eigenvalue weighted by molar-refractivity contribution is -0.169. The molecule has 0 saturated heterocycles. The van der Waals surface area contributed by atoms with Crippen LogP contribution >= 0.6 is 0 Å². The minimum absolute atomic E-state index is 0.119. The first-order valence-electron chi connectivity index (χ1n) is 15.0. The van der Waals surface area contributed by atoms with Crippen LogP contribution in [0.5, 0.6) is 0 Å². The zero-order valence-corrected chi connectivity index (χ0v) is 23.3. The number of hydrogen-bond donors (Lipinski definition) is 0. The molecule has 34 heavy (non-hydrogen) atoms. The molecule has 0 spiro atoms. The zero-order valence-electron chi connectivity index (χ0n) is 23.3. The lowest BCUT2D eigenvalue weighted by atomic mass is 9.99. The van der Waals surface area contributed by atoms with Gasteiger partial charge in [0.15, 0.2) is 0 Å². The van der Waals surface area contributed by atoms with Crippen LogP contribution in [0.3, 0.4) is 0 Å². The van der Waals surface area contributed by atoms with Crippen molar-refractivity contribution in [2.24, 2.45) is 0 Å². The predicted molar refractivity (Wildman–Crippen MR) is 144 cm³/mol. The van der Waals surface area contributed by atoms with Crippen molar-refractivity contribution in [2.75, 3.05) is 0 Å².